The number of carbonyl (C=O) groups excluding carboxylic acids is 1. The number of hydrogen-bond acceptors (Lipinski definition) is 4. The Labute approximate surface area is 164 Å². The summed E-state index contributed by atoms with van der Waals surface area (Å²) in [5, 5.41) is 13.5. The number of anilines is 1. The molecule has 0 aliphatic rings. The fourth-order valence-electron chi connectivity index (χ4n) is 3.31. The minimum absolute atomic E-state index is 0.203. The summed E-state index contributed by atoms with van der Waals surface area (Å²) in [5.74, 6) is 0.704. The molecular weight excluding hydrogens is 354 g/mol. The van der Waals surface area contributed by atoms with Crippen LogP contribution in [0.3, 0.4) is 0 Å². The van der Waals surface area contributed by atoms with Gasteiger partial charge in [0.25, 0.3) is 0 Å². The molecule has 0 unspecified atom stereocenters. The zero-order valence-electron chi connectivity index (χ0n) is 16.4. The number of nitriles is 1. The fraction of sp³-hybridized carbons (Fsp3) is 0.273. The second-order valence-electron chi connectivity index (χ2n) is 6.62. The summed E-state index contributed by atoms with van der Waals surface area (Å²) in [6.07, 6.45) is -0.709. The second kappa shape index (κ2) is 8.05. The van der Waals surface area contributed by atoms with Gasteiger partial charge in [-0.2, -0.15) is 5.26 Å². The van der Waals surface area contributed by atoms with Crippen LogP contribution in [0.2, 0.25) is 0 Å². The van der Waals surface area contributed by atoms with E-state index >= 15 is 0 Å². The monoisotopic (exact) mass is 377 g/mol. The number of benzene rings is 2. The van der Waals surface area contributed by atoms with E-state index in [0.29, 0.717) is 23.5 Å². The van der Waals surface area contributed by atoms with E-state index in [1.807, 2.05) is 43.3 Å². The molecule has 3 rings (SSSR count). The molecule has 1 aromatic heterocycles. The summed E-state index contributed by atoms with van der Waals surface area (Å²) in [7, 11) is 1.61. The van der Waals surface area contributed by atoms with Crippen LogP contribution in [0.25, 0.3) is 22.2 Å². The van der Waals surface area contributed by atoms with Crippen molar-refractivity contribution >= 4 is 22.7 Å². The molecule has 2 aromatic carbocycles. The molecule has 3 aromatic rings. The van der Waals surface area contributed by atoms with Crippen molar-refractivity contribution in [3.8, 4) is 23.1 Å². The number of ether oxygens (including phenoxy) is 2. The Hall–Kier alpha value is -3.46. The number of fused-ring (bicyclic) bond motifs is 1. The smallest absolute Gasteiger partial charge is 0.411 e. The molecule has 0 spiro atoms. The highest BCUT2D eigenvalue weighted by Crippen LogP contribution is 2.36. The van der Waals surface area contributed by atoms with Crippen LogP contribution in [0.1, 0.15) is 26.3 Å². The number of carbonyl (C=O) groups is 1. The molecular formula is C22H23N3O3. The molecule has 1 N–H and O–H groups in total. The molecule has 0 fully saturated rings. The van der Waals surface area contributed by atoms with Gasteiger partial charge in [-0.05, 0) is 51.1 Å². The van der Waals surface area contributed by atoms with Crippen molar-refractivity contribution in [2.75, 3.05) is 12.4 Å². The molecule has 0 aliphatic carbocycles. The molecule has 0 aliphatic heterocycles. The third-order valence-corrected chi connectivity index (χ3v) is 4.42. The summed E-state index contributed by atoms with van der Waals surface area (Å²) in [4.78, 5) is 11.9. The maximum atomic E-state index is 11.9. The lowest BCUT2D eigenvalue weighted by molar-refractivity contribution is 0.130. The van der Waals surface area contributed by atoms with E-state index in [1.54, 1.807) is 27.0 Å². The molecule has 1 heterocycles. The van der Waals surface area contributed by atoms with Gasteiger partial charge >= 0.3 is 6.09 Å². The van der Waals surface area contributed by atoms with Gasteiger partial charge in [0.15, 0.2) is 0 Å². The van der Waals surface area contributed by atoms with Crippen molar-refractivity contribution in [3.63, 3.8) is 0 Å². The first-order valence-electron chi connectivity index (χ1n) is 9.16. The van der Waals surface area contributed by atoms with E-state index in [4.69, 9.17) is 9.47 Å². The highest BCUT2D eigenvalue weighted by molar-refractivity contribution is 5.96. The van der Waals surface area contributed by atoms with E-state index in [9.17, 15) is 10.1 Å². The lowest BCUT2D eigenvalue weighted by atomic mass is 10.1. The van der Waals surface area contributed by atoms with Gasteiger partial charge in [0, 0.05) is 23.2 Å². The Kier molecular flexibility index (Phi) is 5.55. The van der Waals surface area contributed by atoms with E-state index in [2.05, 4.69) is 16.0 Å². The Morgan fingerprint density at radius 2 is 2.04 bits per heavy atom. The van der Waals surface area contributed by atoms with Crippen molar-refractivity contribution < 1.29 is 14.3 Å². The number of methoxy groups -OCH3 is 1. The predicted molar refractivity (Wildman–Crippen MR) is 110 cm³/mol. The van der Waals surface area contributed by atoms with E-state index in [0.717, 1.165) is 22.2 Å². The van der Waals surface area contributed by atoms with Gasteiger partial charge in [0.1, 0.15) is 11.8 Å². The topological polar surface area (TPSA) is 76.3 Å². The Balaban J connectivity index is 2.12. The van der Waals surface area contributed by atoms with E-state index < -0.39 is 6.09 Å². The molecule has 1 amide bonds. The molecule has 0 atom stereocenters. The minimum Gasteiger partial charge on any atom is -0.497 e. The number of nitrogens with one attached hydrogen (secondary N) is 1. The van der Waals surface area contributed by atoms with Crippen molar-refractivity contribution in [2.45, 2.75) is 33.4 Å². The Bertz CT molecular complexity index is 1060. The number of hydrogen-bond donors (Lipinski definition) is 1. The third kappa shape index (κ3) is 3.65. The number of rotatable bonds is 5. The number of nitrogens with zero attached hydrogens (tertiary/aromatic N) is 2. The lowest BCUT2D eigenvalue weighted by Crippen LogP contribution is -2.17. The molecule has 0 saturated carbocycles. The minimum atomic E-state index is -0.506. The van der Waals surface area contributed by atoms with E-state index in [1.165, 1.54) is 0 Å². The van der Waals surface area contributed by atoms with Crippen LogP contribution in [-0.4, -0.2) is 23.9 Å². The molecule has 6 nitrogen and oxygen atoms in total. The number of amides is 1. The van der Waals surface area contributed by atoms with Crippen molar-refractivity contribution in [3.05, 3.63) is 48.0 Å². The highest BCUT2D eigenvalue weighted by atomic mass is 16.6. The van der Waals surface area contributed by atoms with Gasteiger partial charge in [-0.25, -0.2) is 4.79 Å². The largest absolute Gasteiger partial charge is 0.497 e. The summed E-state index contributed by atoms with van der Waals surface area (Å²) >= 11 is 0. The summed E-state index contributed by atoms with van der Waals surface area (Å²) in [6, 6.07) is 15.5. The molecule has 6 heteroatoms. The number of aromatic nitrogens is 1. The fourth-order valence-corrected chi connectivity index (χ4v) is 3.31. The van der Waals surface area contributed by atoms with Crippen LogP contribution in [0.15, 0.2) is 42.5 Å². The standard InChI is InChI=1S/C22H23N3O3/c1-5-25-20-10-9-17(27-4)12-18(20)19(13-23)21(25)15-7-6-8-16(11-15)24-22(26)28-14(2)3/h6-12,14H,5H2,1-4H3,(H,24,26). The van der Waals surface area contributed by atoms with Gasteiger partial charge < -0.3 is 14.0 Å². The van der Waals surface area contributed by atoms with Crippen LogP contribution in [0.5, 0.6) is 5.75 Å². The third-order valence-electron chi connectivity index (χ3n) is 4.42. The Morgan fingerprint density at radius 1 is 1.25 bits per heavy atom. The number of aryl methyl sites for hydroxylation is 1. The normalized spacial score (nSPS) is 10.7. The van der Waals surface area contributed by atoms with Crippen molar-refractivity contribution in [1.82, 2.24) is 4.57 Å². The molecule has 0 bridgehead atoms. The second-order valence-corrected chi connectivity index (χ2v) is 6.62. The van der Waals surface area contributed by atoms with Gasteiger partial charge in [-0.3, -0.25) is 5.32 Å². The molecule has 0 saturated heterocycles. The zero-order valence-corrected chi connectivity index (χ0v) is 16.4. The first kappa shape index (κ1) is 19.3. The van der Waals surface area contributed by atoms with Gasteiger partial charge in [0.05, 0.1) is 30.0 Å². The summed E-state index contributed by atoms with van der Waals surface area (Å²) < 4.78 is 12.6. The van der Waals surface area contributed by atoms with Crippen LogP contribution in [0.4, 0.5) is 10.5 Å². The van der Waals surface area contributed by atoms with Crippen LogP contribution in [-0.2, 0) is 11.3 Å². The first-order valence-corrected chi connectivity index (χ1v) is 9.16. The Morgan fingerprint density at radius 3 is 2.68 bits per heavy atom. The summed E-state index contributed by atoms with van der Waals surface area (Å²) in [5.41, 5.74) is 3.81. The summed E-state index contributed by atoms with van der Waals surface area (Å²) in [6.45, 7) is 6.33. The predicted octanol–water partition coefficient (Wildman–Crippen LogP) is 5.17. The SMILES string of the molecule is CCn1c(-c2cccc(NC(=O)OC(C)C)c2)c(C#N)c2cc(OC)ccc21. The van der Waals surface area contributed by atoms with Crippen molar-refractivity contribution in [2.24, 2.45) is 0 Å². The lowest BCUT2D eigenvalue weighted by Gasteiger charge is -2.12. The van der Waals surface area contributed by atoms with Gasteiger partial charge in [-0.1, -0.05) is 12.1 Å². The van der Waals surface area contributed by atoms with Crippen LogP contribution < -0.4 is 10.1 Å². The average Bonchev–Trinajstić information content (AvgIpc) is 2.99. The van der Waals surface area contributed by atoms with Crippen LogP contribution >= 0.6 is 0 Å². The van der Waals surface area contributed by atoms with E-state index in [-0.39, 0.29) is 6.10 Å². The highest BCUT2D eigenvalue weighted by Gasteiger charge is 2.19. The molecule has 28 heavy (non-hydrogen) atoms. The van der Waals surface area contributed by atoms with Crippen molar-refractivity contribution in [1.29, 1.82) is 5.26 Å². The average molecular weight is 377 g/mol. The maximum Gasteiger partial charge on any atom is 0.411 e. The molecule has 0 radical (unpaired) electrons. The van der Waals surface area contributed by atoms with Crippen LogP contribution in [0, 0.1) is 11.3 Å². The maximum absolute atomic E-state index is 11.9. The van der Waals surface area contributed by atoms with Gasteiger partial charge in [0.2, 0.25) is 0 Å². The molecule has 144 valence electrons. The quantitative estimate of drug-likeness (QED) is 0.666. The van der Waals surface area contributed by atoms with Gasteiger partial charge in [-0.15, -0.1) is 0 Å². The zero-order chi connectivity index (χ0) is 20.3. The first-order chi connectivity index (χ1) is 13.5.